The Balaban J connectivity index is 2.30. The summed E-state index contributed by atoms with van der Waals surface area (Å²) in [5.74, 6) is -0.343. The van der Waals surface area contributed by atoms with E-state index in [-0.39, 0.29) is 11.4 Å². The number of carbonyl (C=O) groups is 1. The van der Waals surface area contributed by atoms with Crippen LogP contribution < -0.4 is 17.0 Å². The molecule has 0 saturated heterocycles. The number of ether oxygens (including phenoxy) is 1. The van der Waals surface area contributed by atoms with Gasteiger partial charge in [-0.15, -0.1) is 0 Å². The number of methoxy groups -OCH3 is 1. The lowest BCUT2D eigenvalue weighted by atomic mass is 10.2. The lowest BCUT2D eigenvalue weighted by Crippen LogP contribution is -2.09. The molecule has 2 aromatic rings. The molecule has 104 valence electrons. The third-order valence-electron chi connectivity index (χ3n) is 2.38. The second kappa shape index (κ2) is 5.66. The van der Waals surface area contributed by atoms with Crippen LogP contribution in [0.25, 0.3) is 0 Å². The number of hydrogen-bond donors (Lipinski definition) is 3. The summed E-state index contributed by atoms with van der Waals surface area (Å²) in [6, 6.07) is 5.91. The standard InChI is InChI=1S/C12H12N4O3S/c1-19-11(18)6-2-3-8(7(13)4-6)20-12-15-9(14)5-10(17)16-12/h2-5H,13H2,1H3,(H3,14,15,16,17). The Labute approximate surface area is 118 Å². The van der Waals surface area contributed by atoms with Gasteiger partial charge in [-0.1, -0.05) is 0 Å². The van der Waals surface area contributed by atoms with Crippen molar-refractivity contribution < 1.29 is 9.53 Å². The van der Waals surface area contributed by atoms with Gasteiger partial charge in [0.05, 0.1) is 12.7 Å². The largest absolute Gasteiger partial charge is 0.465 e. The summed E-state index contributed by atoms with van der Waals surface area (Å²) in [6.45, 7) is 0. The second-order valence-electron chi connectivity index (χ2n) is 3.82. The molecule has 20 heavy (non-hydrogen) atoms. The van der Waals surface area contributed by atoms with Gasteiger partial charge in [0.2, 0.25) is 0 Å². The van der Waals surface area contributed by atoms with E-state index in [4.69, 9.17) is 11.5 Å². The van der Waals surface area contributed by atoms with Crippen LogP contribution >= 0.6 is 11.8 Å². The van der Waals surface area contributed by atoms with Crippen molar-refractivity contribution in [2.45, 2.75) is 10.1 Å². The Morgan fingerprint density at radius 2 is 2.10 bits per heavy atom. The van der Waals surface area contributed by atoms with Crippen molar-refractivity contribution in [3.63, 3.8) is 0 Å². The smallest absolute Gasteiger partial charge is 0.337 e. The van der Waals surface area contributed by atoms with E-state index in [1.165, 1.54) is 19.2 Å². The molecule has 0 aliphatic heterocycles. The minimum atomic E-state index is -0.469. The van der Waals surface area contributed by atoms with Gasteiger partial charge in [-0.2, -0.15) is 0 Å². The Morgan fingerprint density at radius 3 is 2.70 bits per heavy atom. The van der Waals surface area contributed by atoms with Crippen LogP contribution in [-0.2, 0) is 4.74 Å². The number of benzene rings is 1. The zero-order valence-corrected chi connectivity index (χ0v) is 11.4. The number of nitrogens with one attached hydrogen (secondary N) is 1. The SMILES string of the molecule is COC(=O)c1ccc(Sc2nc(N)cc(=O)[nH]2)c(N)c1. The highest BCUT2D eigenvalue weighted by atomic mass is 32.2. The van der Waals surface area contributed by atoms with E-state index in [9.17, 15) is 9.59 Å². The molecule has 0 saturated carbocycles. The van der Waals surface area contributed by atoms with Crippen molar-refractivity contribution >= 4 is 29.2 Å². The number of hydrogen-bond acceptors (Lipinski definition) is 7. The van der Waals surface area contributed by atoms with Crippen molar-refractivity contribution in [3.8, 4) is 0 Å². The predicted octanol–water partition coefficient (Wildman–Crippen LogP) is 0.872. The Bertz CT molecular complexity index is 714. The summed E-state index contributed by atoms with van der Waals surface area (Å²) in [5, 5.41) is 0.326. The quantitative estimate of drug-likeness (QED) is 0.435. The molecule has 8 heteroatoms. The number of nitrogens with zero attached hydrogens (tertiary/aromatic N) is 1. The summed E-state index contributed by atoms with van der Waals surface area (Å²) in [4.78, 5) is 29.8. The van der Waals surface area contributed by atoms with Crippen molar-refractivity contribution in [1.29, 1.82) is 0 Å². The molecule has 0 bridgehead atoms. The van der Waals surface area contributed by atoms with E-state index < -0.39 is 5.97 Å². The molecule has 0 aliphatic carbocycles. The van der Waals surface area contributed by atoms with Crippen LogP contribution in [0.3, 0.4) is 0 Å². The Kier molecular flexibility index (Phi) is 3.94. The summed E-state index contributed by atoms with van der Waals surface area (Å²) in [6.07, 6.45) is 0. The molecule has 0 aliphatic rings. The third kappa shape index (κ3) is 3.09. The number of anilines is 2. The maximum Gasteiger partial charge on any atom is 0.337 e. The average molecular weight is 292 g/mol. The second-order valence-corrected chi connectivity index (χ2v) is 4.85. The molecule has 1 heterocycles. The highest BCUT2D eigenvalue weighted by Crippen LogP contribution is 2.30. The Hall–Kier alpha value is -2.48. The van der Waals surface area contributed by atoms with E-state index in [0.29, 0.717) is 21.3 Å². The van der Waals surface area contributed by atoms with Gasteiger partial charge >= 0.3 is 5.97 Å². The van der Waals surface area contributed by atoms with Gasteiger partial charge in [0.1, 0.15) is 5.82 Å². The van der Waals surface area contributed by atoms with Gasteiger partial charge in [0, 0.05) is 16.6 Å². The molecule has 0 amide bonds. The van der Waals surface area contributed by atoms with Crippen LogP contribution in [0.5, 0.6) is 0 Å². The minimum Gasteiger partial charge on any atom is -0.465 e. The minimum absolute atomic E-state index is 0.126. The first kappa shape index (κ1) is 13.9. The molecule has 0 fully saturated rings. The van der Waals surface area contributed by atoms with E-state index in [1.54, 1.807) is 12.1 Å². The molecule has 0 unspecified atom stereocenters. The summed E-state index contributed by atoms with van der Waals surface area (Å²) < 4.78 is 4.60. The lowest BCUT2D eigenvalue weighted by Gasteiger charge is -2.06. The fraction of sp³-hybridized carbons (Fsp3) is 0.0833. The van der Waals surface area contributed by atoms with Crippen LogP contribution in [0, 0.1) is 0 Å². The van der Waals surface area contributed by atoms with Crippen LogP contribution in [0.4, 0.5) is 11.5 Å². The molecule has 1 aromatic carbocycles. The van der Waals surface area contributed by atoms with E-state index >= 15 is 0 Å². The number of rotatable bonds is 3. The molecule has 0 atom stereocenters. The van der Waals surface area contributed by atoms with Crippen LogP contribution in [0.2, 0.25) is 0 Å². The molecular weight excluding hydrogens is 280 g/mol. The maximum atomic E-state index is 11.4. The molecule has 1 aromatic heterocycles. The van der Waals surface area contributed by atoms with E-state index in [2.05, 4.69) is 14.7 Å². The number of nitrogen functional groups attached to an aromatic ring is 2. The summed E-state index contributed by atoms with van der Waals surface area (Å²) in [5.41, 5.74) is 11.7. The maximum absolute atomic E-state index is 11.4. The molecule has 5 N–H and O–H groups in total. The number of esters is 1. The monoisotopic (exact) mass is 292 g/mol. The summed E-state index contributed by atoms with van der Waals surface area (Å²) >= 11 is 1.15. The molecule has 2 rings (SSSR count). The topological polar surface area (TPSA) is 124 Å². The van der Waals surface area contributed by atoms with E-state index in [1.807, 2.05) is 0 Å². The van der Waals surface area contributed by atoms with Crippen LogP contribution in [0.1, 0.15) is 10.4 Å². The molecule has 7 nitrogen and oxygen atoms in total. The highest BCUT2D eigenvalue weighted by molar-refractivity contribution is 7.99. The van der Waals surface area contributed by atoms with Crippen molar-refractivity contribution in [2.24, 2.45) is 0 Å². The first-order valence-electron chi connectivity index (χ1n) is 5.52. The summed E-state index contributed by atoms with van der Waals surface area (Å²) in [7, 11) is 1.29. The van der Waals surface area contributed by atoms with Crippen molar-refractivity contribution in [2.75, 3.05) is 18.6 Å². The van der Waals surface area contributed by atoms with Gasteiger partial charge in [0.25, 0.3) is 5.56 Å². The van der Waals surface area contributed by atoms with Gasteiger partial charge in [-0.3, -0.25) is 4.79 Å². The van der Waals surface area contributed by atoms with Crippen molar-refractivity contribution in [3.05, 3.63) is 40.2 Å². The fourth-order valence-electron chi connectivity index (χ4n) is 1.49. The molecule has 0 radical (unpaired) electrons. The third-order valence-corrected chi connectivity index (χ3v) is 3.36. The van der Waals surface area contributed by atoms with Gasteiger partial charge in [-0.05, 0) is 30.0 Å². The fourth-order valence-corrected chi connectivity index (χ4v) is 2.32. The lowest BCUT2D eigenvalue weighted by molar-refractivity contribution is 0.0600. The van der Waals surface area contributed by atoms with E-state index in [0.717, 1.165) is 11.8 Å². The number of H-pyrrole nitrogens is 1. The molecule has 0 spiro atoms. The van der Waals surface area contributed by atoms with Crippen LogP contribution in [0.15, 0.2) is 39.1 Å². The van der Waals surface area contributed by atoms with Gasteiger partial charge in [0.15, 0.2) is 5.16 Å². The molecular formula is C12H12N4O3S. The van der Waals surface area contributed by atoms with Gasteiger partial charge < -0.3 is 21.2 Å². The zero-order chi connectivity index (χ0) is 14.7. The number of aromatic nitrogens is 2. The average Bonchev–Trinajstić information content (AvgIpc) is 2.39. The van der Waals surface area contributed by atoms with Gasteiger partial charge in [-0.25, -0.2) is 9.78 Å². The Morgan fingerprint density at radius 1 is 1.35 bits per heavy atom. The normalized spacial score (nSPS) is 10.2. The highest BCUT2D eigenvalue weighted by Gasteiger charge is 2.10. The number of carbonyl (C=O) groups excluding carboxylic acids is 1. The zero-order valence-electron chi connectivity index (χ0n) is 10.5. The number of nitrogens with two attached hydrogens (primary N) is 2. The first-order chi connectivity index (χ1) is 9.49. The predicted molar refractivity (Wildman–Crippen MR) is 75.6 cm³/mol. The first-order valence-corrected chi connectivity index (χ1v) is 6.34. The van der Waals surface area contributed by atoms with Crippen molar-refractivity contribution in [1.82, 2.24) is 9.97 Å². The van der Waals surface area contributed by atoms with Crippen LogP contribution in [-0.4, -0.2) is 23.0 Å². The number of aromatic amines is 1.